The lowest BCUT2D eigenvalue weighted by Crippen LogP contribution is -2.45. The second-order valence-electron chi connectivity index (χ2n) is 5.44. The van der Waals surface area contributed by atoms with Gasteiger partial charge < -0.3 is 10.2 Å². The Balaban J connectivity index is 1.90. The molecule has 3 heterocycles. The van der Waals surface area contributed by atoms with Crippen molar-refractivity contribution in [1.29, 1.82) is 0 Å². The van der Waals surface area contributed by atoms with Crippen molar-refractivity contribution in [3.8, 4) is 0 Å². The van der Waals surface area contributed by atoms with Crippen LogP contribution in [0.15, 0.2) is 6.07 Å². The summed E-state index contributed by atoms with van der Waals surface area (Å²) in [4.78, 5) is 11.6. The standard InChI is InChI=1S/C14H22N4/c1-3-12-7-14(17-10(2)16-12)18-6-4-5-11-8-15-9-13(11)18/h7,11,13,15H,3-6,8-9H2,1-2H3. The minimum absolute atomic E-state index is 0.637. The molecule has 2 aliphatic heterocycles. The lowest BCUT2D eigenvalue weighted by Gasteiger charge is -2.38. The van der Waals surface area contributed by atoms with E-state index >= 15 is 0 Å². The Labute approximate surface area is 109 Å². The molecule has 4 heteroatoms. The number of fused-ring (bicyclic) bond motifs is 1. The molecule has 1 aromatic rings. The minimum Gasteiger partial charge on any atom is -0.352 e. The van der Waals surface area contributed by atoms with Gasteiger partial charge >= 0.3 is 0 Å². The van der Waals surface area contributed by atoms with Crippen LogP contribution >= 0.6 is 0 Å². The van der Waals surface area contributed by atoms with E-state index in [0.717, 1.165) is 42.8 Å². The molecule has 0 radical (unpaired) electrons. The molecule has 4 nitrogen and oxygen atoms in total. The van der Waals surface area contributed by atoms with Crippen molar-refractivity contribution in [2.75, 3.05) is 24.5 Å². The van der Waals surface area contributed by atoms with E-state index in [1.807, 2.05) is 6.92 Å². The number of aromatic nitrogens is 2. The van der Waals surface area contributed by atoms with E-state index < -0.39 is 0 Å². The number of hydrogen-bond donors (Lipinski definition) is 1. The second kappa shape index (κ2) is 4.84. The highest BCUT2D eigenvalue weighted by Crippen LogP contribution is 2.30. The molecule has 2 fully saturated rings. The van der Waals surface area contributed by atoms with Crippen LogP contribution in [0.3, 0.4) is 0 Å². The molecule has 0 aromatic carbocycles. The molecule has 1 aromatic heterocycles. The summed E-state index contributed by atoms with van der Waals surface area (Å²) in [7, 11) is 0. The normalized spacial score (nSPS) is 27.3. The van der Waals surface area contributed by atoms with Crippen LogP contribution in [-0.2, 0) is 6.42 Å². The summed E-state index contributed by atoms with van der Waals surface area (Å²) in [5.74, 6) is 2.84. The molecular weight excluding hydrogens is 224 g/mol. The highest BCUT2D eigenvalue weighted by atomic mass is 15.3. The predicted octanol–water partition coefficient (Wildman–Crippen LogP) is 1.54. The fourth-order valence-electron chi connectivity index (χ4n) is 3.29. The molecular formula is C14H22N4. The summed E-state index contributed by atoms with van der Waals surface area (Å²) < 4.78 is 0. The number of nitrogens with one attached hydrogen (secondary N) is 1. The highest BCUT2D eigenvalue weighted by molar-refractivity contribution is 5.42. The molecule has 2 unspecified atom stereocenters. The molecule has 3 rings (SSSR count). The zero-order chi connectivity index (χ0) is 12.5. The first-order chi connectivity index (χ1) is 8.78. The van der Waals surface area contributed by atoms with E-state index in [0.29, 0.717) is 6.04 Å². The van der Waals surface area contributed by atoms with Gasteiger partial charge in [0.2, 0.25) is 0 Å². The summed E-state index contributed by atoms with van der Waals surface area (Å²) in [5.41, 5.74) is 1.16. The largest absolute Gasteiger partial charge is 0.352 e. The molecule has 2 saturated heterocycles. The highest BCUT2D eigenvalue weighted by Gasteiger charge is 2.35. The second-order valence-corrected chi connectivity index (χ2v) is 5.44. The van der Waals surface area contributed by atoms with E-state index in [4.69, 9.17) is 0 Å². The third-order valence-corrected chi connectivity index (χ3v) is 4.21. The number of anilines is 1. The average Bonchev–Trinajstić information content (AvgIpc) is 2.85. The van der Waals surface area contributed by atoms with E-state index in [-0.39, 0.29) is 0 Å². The Morgan fingerprint density at radius 1 is 1.39 bits per heavy atom. The molecule has 0 aliphatic carbocycles. The first-order valence-corrected chi connectivity index (χ1v) is 7.10. The van der Waals surface area contributed by atoms with Gasteiger partial charge in [-0.3, -0.25) is 0 Å². The molecule has 18 heavy (non-hydrogen) atoms. The monoisotopic (exact) mass is 246 g/mol. The first-order valence-electron chi connectivity index (χ1n) is 7.10. The van der Waals surface area contributed by atoms with E-state index in [1.165, 1.54) is 19.4 Å². The Bertz CT molecular complexity index is 432. The van der Waals surface area contributed by atoms with Gasteiger partial charge in [-0.2, -0.15) is 0 Å². The van der Waals surface area contributed by atoms with Crippen molar-refractivity contribution < 1.29 is 0 Å². The fourth-order valence-corrected chi connectivity index (χ4v) is 3.29. The SMILES string of the molecule is CCc1cc(N2CCCC3CNCC32)nc(C)n1. The zero-order valence-electron chi connectivity index (χ0n) is 11.3. The smallest absolute Gasteiger partial charge is 0.132 e. The quantitative estimate of drug-likeness (QED) is 0.859. The topological polar surface area (TPSA) is 41.0 Å². The van der Waals surface area contributed by atoms with E-state index in [2.05, 4.69) is 33.2 Å². The Morgan fingerprint density at radius 3 is 3.11 bits per heavy atom. The third kappa shape index (κ3) is 2.09. The van der Waals surface area contributed by atoms with Gasteiger partial charge in [-0.05, 0) is 32.1 Å². The molecule has 2 atom stereocenters. The van der Waals surface area contributed by atoms with Gasteiger partial charge in [-0.15, -0.1) is 0 Å². The van der Waals surface area contributed by atoms with Gasteiger partial charge in [0.05, 0.1) is 0 Å². The molecule has 98 valence electrons. The van der Waals surface area contributed by atoms with E-state index in [1.54, 1.807) is 0 Å². The number of aryl methyl sites for hydroxylation is 2. The minimum atomic E-state index is 0.637. The van der Waals surface area contributed by atoms with Crippen LogP contribution in [-0.4, -0.2) is 35.6 Å². The van der Waals surface area contributed by atoms with Gasteiger partial charge in [0.15, 0.2) is 0 Å². The number of hydrogen-bond acceptors (Lipinski definition) is 4. The molecule has 1 N–H and O–H groups in total. The van der Waals surface area contributed by atoms with Crippen LogP contribution in [0.25, 0.3) is 0 Å². The molecule has 0 saturated carbocycles. The van der Waals surface area contributed by atoms with Crippen molar-refractivity contribution in [3.63, 3.8) is 0 Å². The maximum Gasteiger partial charge on any atom is 0.132 e. The van der Waals surface area contributed by atoms with Gasteiger partial charge in [-0.1, -0.05) is 6.92 Å². The molecule has 0 bridgehead atoms. The maximum atomic E-state index is 4.65. The van der Waals surface area contributed by atoms with E-state index in [9.17, 15) is 0 Å². The zero-order valence-corrected chi connectivity index (χ0v) is 11.3. The van der Waals surface area contributed by atoms with Crippen LogP contribution in [0.5, 0.6) is 0 Å². The van der Waals surface area contributed by atoms with Gasteiger partial charge in [0.25, 0.3) is 0 Å². The van der Waals surface area contributed by atoms with Crippen molar-refractivity contribution in [2.24, 2.45) is 5.92 Å². The van der Waals surface area contributed by atoms with Gasteiger partial charge in [0.1, 0.15) is 11.6 Å². The van der Waals surface area contributed by atoms with Crippen molar-refractivity contribution in [2.45, 2.75) is 39.2 Å². The Morgan fingerprint density at radius 2 is 2.28 bits per heavy atom. The third-order valence-electron chi connectivity index (χ3n) is 4.21. The van der Waals surface area contributed by atoms with Crippen LogP contribution in [0.4, 0.5) is 5.82 Å². The summed E-state index contributed by atoms with van der Waals surface area (Å²) in [6.45, 7) is 7.57. The first kappa shape index (κ1) is 11.9. The number of piperidine rings is 1. The fraction of sp³-hybridized carbons (Fsp3) is 0.714. The van der Waals surface area contributed by atoms with Gasteiger partial charge in [-0.25, -0.2) is 9.97 Å². The lowest BCUT2D eigenvalue weighted by molar-refractivity contribution is 0.383. The van der Waals surface area contributed by atoms with Crippen molar-refractivity contribution in [1.82, 2.24) is 15.3 Å². The van der Waals surface area contributed by atoms with Crippen LogP contribution < -0.4 is 10.2 Å². The molecule has 0 amide bonds. The molecule has 0 spiro atoms. The Kier molecular flexibility index (Phi) is 3.20. The summed E-state index contributed by atoms with van der Waals surface area (Å²) in [6, 6.07) is 2.81. The van der Waals surface area contributed by atoms with Gasteiger partial charge in [0, 0.05) is 37.4 Å². The molecule has 2 aliphatic rings. The summed E-state index contributed by atoms with van der Waals surface area (Å²) in [5, 5.41) is 3.52. The maximum absolute atomic E-state index is 4.65. The lowest BCUT2D eigenvalue weighted by atomic mass is 9.92. The van der Waals surface area contributed by atoms with Crippen LogP contribution in [0.1, 0.15) is 31.3 Å². The Hall–Kier alpha value is -1.16. The van der Waals surface area contributed by atoms with Crippen LogP contribution in [0.2, 0.25) is 0 Å². The van der Waals surface area contributed by atoms with Crippen molar-refractivity contribution >= 4 is 5.82 Å². The van der Waals surface area contributed by atoms with Crippen molar-refractivity contribution in [3.05, 3.63) is 17.6 Å². The average molecular weight is 246 g/mol. The number of nitrogens with zero attached hydrogens (tertiary/aromatic N) is 3. The summed E-state index contributed by atoms with van der Waals surface area (Å²) >= 11 is 0. The predicted molar refractivity (Wildman–Crippen MR) is 72.9 cm³/mol. The number of rotatable bonds is 2. The van der Waals surface area contributed by atoms with Crippen LogP contribution in [0, 0.1) is 12.8 Å². The summed E-state index contributed by atoms with van der Waals surface area (Å²) in [6.07, 6.45) is 3.63.